The molecule has 0 saturated carbocycles. The second-order valence-corrected chi connectivity index (χ2v) is 4.71. The van der Waals surface area contributed by atoms with Crippen molar-refractivity contribution in [1.82, 2.24) is 0 Å². The number of carboxylic acids is 1. The molecular weight excluding hydrogens is 300 g/mol. The number of hydrogen-bond donors (Lipinski definition) is 2. The molecule has 0 unspecified atom stereocenters. The van der Waals surface area contributed by atoms with E-state index in [0.29, 0.717) is 22.9 Å². The Bertz CT molecular complexity index is 756. The average Bonchev–Trinajstić information content (AvgIpc) is 3.03. The van der Waals surface area contributed by atoms with E-state index >= 15 is 0 Å². The molecule has 1 aliphatic heterocycles. The molecule has 7 heteroatoms. The maximum absolute atomic E-state index is 10.8. The van der Waals surface area contributed by atoms with Gasteiger partial charge in [-0.3, -0.25) is 5.43 Å². The quantitative estimate of drug-likeness (QED) is 0.651. The minimum absolute atomic E-state index is 0.167. The number of carboxylic acid groups (broad SMARTS) is 1. The molecule has 0 fully saturated rings. The summed E-state index contributed by atoms with van der Waals surface area (Å²) in [5.41, 5.74) is 4.51. The van der Waals surface area contributed by atoms with Gasteiger partial charge >= 0.3 is 5.97 Å². The smallest absolute Gasteiger partial charge is 0.335 e. The summed E-state index contributed by atoms with van der Waals surface area (Å²) in [6, 6.07) is 9.87. The highest BCUT2D eigenvalue weighted by Gasteiger charge is 2.19. The van der Waals surface area contributed by atoms with E-state index < -0.39 is 5.97 Å². The monoisotopic (exact) mass is 314 g/mol. The molecule has 0 atom stereocenters. The lowest BCUT2D eigenvalue weighted by molar-refractivity contribution is 0.0697. The second kappa shape index (κ2) is 6.27. The third kappa shape index (κ3) is 3.18. The van der Waals surface area contributed by atoms with E-state index in [-0.39, 0.29) is 12.4 Å². The van der Waals surface area contributed by atoms with E-state index in [9.17, 15) is 4.79 Å². The van der Waals surface area contributed by atoms with Gasteiger partial charge in [-0.1, -0.05) is 0 Å². The Kier molecular flexibility index (Phi) is 4.01. The lowest BCUT2D eigenvalue weighted by Crippen LogP contribution is -1.96. The maximum Gasteiger partial charge on any atom is 0.335 e. The number of rotatable bonds is 5. The van der Waals surface area contributed by atoms with Crippen molar-refractivity contribution in [1.29, 1.82) is 0 Å². The number of hydrazone groups is 1. The van der Waals surface area contributed by atoms with E-state index in [2.05, 4.69) is 10.5 Å². The molecule has 0 radical (unpaired) electrons. The van der Waals surface area contributed by atoms with Gasteiger partial charge in [0.1, 0.15) is 0 Å². The summed E-state index contributed by atoms with van der Waals surface area (Å²) in [7, 11) is 1.56. The Morgan fingerprint density at radius 1 is 1.30 bits per heavy atom. The number of benzene rings is 2. The van der Waals surface area contributed by atoms with Gasteiger partial charge in [0.05, 0.1) is 24.6 Å². The fourth-order valence-corrected chi connectivity index (χ4v) is 2.09. The van der Waals surface area contributed by atoms with Gasteiger partial charge in [-0.05, 0) is 36.4 Å². The highest BCUT2D eigenvalue weighted by atomic mass is 16.7. The van der Waals surface area contributed by atoms with E-state index in [1.807, 2.05) is 0 Å². The molecule has 1 aliphatic rings. The molecule has 2 aromatic carbocycles. The van der Waals surface area contributed by atoms with E-state index in [4.69, 9.17) is 19.3 Å². The van der Waals surface area contributed by atoms with Crippen molar-refractivity contribution >= 4 is 17.9 Å². The molecule has 118 valence electrons. The lowest BCUT2D eigenvalue weighted by atomic mass is 10.2. The van der Waals surface area contributed by atoms with Crippen LogP contribution in [0, 0.1) is 0 Å². The van der Waals surface area contributed by atoms with E-state index in [1.165, 1.54) is 12.1 Å². The minimum Gasteiger partial charge on any atom is -0.493 e. The molecule has 0 amide bonds. The van der Waals surface area contributed by atoms with Crippen molar-refractivity contribution in [3.8, 4) is 17.2 Å². The van der Waals surface area contributed by atoms with Crippen LogP contribution in [0.15, 0.2) is 41.5 Å². The summed E-state index contributed by atoms with van der Waals surface area (Å²) < 4.78 is 15.9. The first-order chi connectivity index (χ1) is 11.2. The molecule has 0 aromatic heterocycles. The van der Waals surface area contributed by atoms with Gasteiger partial charge in [0.25, 0.3) is 0 Å². The minimum atomic E-state index is -0.965. The molecular formula is C16H14N2O5. The van der Waals surface area contributed by atoms with Crippen LogP contribution in [0.2, 0.25) is 0 Å². The van der Waals surface area contributed by atoms with Crippen LogP contribution in [-0.4, -0.2) is 31.2 Å². The molecule has 23 heavy (non-hydrogen) atoms. The zero-order chi connectivity index (χ0) is 16.2. The van der Waals surface area contributed by atoms with Crippen molar-refractivity contribution in [2.45, 2.75) is 0 Å². The Hall–Kier alpha value is -3.22. The fraction of sp³-hybridized carbons (Fsp3) is 0.125. The number of anilines is 1. The first-order valence-electron chi connectivity index (χ1n) is 6.77. The predicted molar refractivity (Wildman–Crippen MR) is 83.7 cm³/mol. The van der Waals surface area contributed by atoms with Crippen LogP contribution in [0.3, 0.4) is 0 Å². The molecule has 2 N–H and O–H groups in total. The van der Waals surface area contributed by atoms with Crippen LogP contribution < -0.4 is 19.6 Å². The maximum atomic E-state index is 10.8. The average molecular weight is 314 g/mol. The van der Waals surface area contributed by atoms with E-state index in [0.717, 1.165) is 5.56 Å². The fourth-order valence-electron chi connectivity index (χ4n) is 2.09. The van der Waals surface area contributed by atoms with Gasteiger partial charge in [0.2, 0.25) is 12.5 Å². The van der Waals surface area contributed by atoms with Crippen molar-refractivity contribution in [2.24, 2.45) is 5.10 Å². The van der Waals surface area contributed by atoms with E-state index in [1.54, 1.807) is 37.6 Å². The highest BCUT2D eigenvalue weighted by molar-refractivity contribution is 5.88. The van der Waals surface area contributed by atoms with Crippen molar-refractivity contribution in [3.05, 3.63) is 47.5 Å². The number of aromatic carboxylic acids is 1. The third-order valence-corrected chi connectivity index (χ3v) is 3.22. The summed E-state index contributed by atoms with van der Waals surface area (Å²) in [4.78, 5) is 10.8. The van der Waals surface area contributed by atoms with Crippen LogP contribution in [0.4, 0.5) is 5.69 Å². The van der Waals surface area contributed by atoms with Gasteiger partial charge in [0, 0.05) is 5.56 Å². The molecule has 1 heterocycles. The molecule has 0 aliphatic carbocycles. The standard InChI is InChI=1S/C16H14N2O5/c1-21-13-6-10(7-14-15(13)23-9-22-14)8-17-18-12-4-2-11(3-5-12)16(19)20/h2-8,18H,9H2,1H3,(H,19,20)/b17-8-. The van der Waals surface area contributed by atoms with Crippen LogP contribution >= 0.6 is 0 Å². The Labute approximate surface area is 132 Å². The summed E-state index contributed by atoms with van der Waals surface area (Å²) in [6.45, 7) is 0.167. The van der Waals surface area contributed by atoms with Crippen LogP contribution in [0.5, 0.6) is 17.2 Å². The topological polar surface area (TPSA) is 89.4 Å². The van der Waals surface area contributed by atoms with Gasteiger partial charge in [-0.2, -0.15) is 5.10 Å². The molecule has 2 aromatic rings. The third-order valence-electron chi connectivity index (χ3n) is 3.22. The summed E-state index contributed by atoms with van der Waals surface area (Å²) >= 11 is 0. The number of hydrogen-bond acceptors (Lipinski definition) is 6. The summed E-state index contributed by atoms with van der Waals surface area (Å²) in [5, 5.41) is 13.0. The Morgan fingerprint density at radius 3 is 2.78 bits per heavy atom. The number of methoxy groups -OCH3 is 1. The van der Waals surface area contributed by atoms with Crippen LogP contribution in [0.25, 0.3) is 0 Å². The predicted octanol–water partition coefficient (Wildman–Crippen LogP) is 2.57. The highest BCUT2D eigenvalue weighted by Crippen LogP contribution is 2.41. The van der Waals surface area contributed by atoms with Gasteiger partial charge in [-0.15, -0.1) is 0 Å². The first-order valence-corrected chi connectivity index (χ1v) is 6.77. The molecule has 3 rings (SSSR count). The summed E-state index contributed by atoms with van der Waals surface area (Å²) in [5.74, 6) is 0.804. The molecule has 0 bridgehead atoms. The van der Waals surface area contributed by atoms with Gasteiger partial charge in [-0.25, -0.2) is 4.79 Å². The largest absolute Gasteiger partial charge is 0.493 e. The number of fused-ring (bicyclic) bond motifs is 1. The number of ether oxygens (including phenoxy) is 3. The normalized spacial score (nSPS) is 12.4. The zero-order valence-electron chi connectivity index (χ0n) is 12.3. The number of carbonyl (C=O) groups is 1. The second-order valence-electron chi connectivity index (χ2n) is 4.71. The zero-order valence-corrected chi connectivity index (χ0v) is 12.3. The summed E-state index contributed by atoms with van der Waals surface area (Å²) in [6.07, 6.45) is 1.61. The van der Waals surface area contributed by atoms with Gasteiger partial charge < -0.3 is 19.3 Å². The SMILES string of the molecule is COc1cc(/C=N\Nc2ccc(C(=O)O)cc2)cc2c1OCO2. The molecule has 7 nitrogen and oxygen atoms in total. The van der Waals surface area contributed by atoms with Crippen molar-refractivity contribution in [3.63, 3.8) is 0 Å². The molecule has 0 saturated heterocycles. The first kappa shape index (κ1) is 14.7. The van der Waals surface area contributed by atoms with Crippen LogP contribution in [-0.2, 0) is 0 Å². The molecule has 0 spiro atoms. The van der Waals surface area contributed by atoms with Crippen molar-refractivity contribution < 1.29 is 24.1 Å². The van der Waals surface area contributed by atoms with Crippen LogP contribution in [0.1, 0.15) is 15.9 Å². The number of nitrogens with one attached hydrogen (secondary N) is 1. The van der Waals surface area contributed by atoms with Gasteiger partial charge in [0.15, 0.2) is 11.5 Å². The van der Waals surface area contributed by atoms with Crippen molar-refractivity contribution in [2.75, 3.05) is 19.3 Å². The lowest BCUT2D eigenvalue weighted by Gasteiger charge is -2.05. The Balaban J connectivity index is 1.72. The Morgan fingerprint density at radius 2 is 2.09 bits per heavy atom. The number of nitrogens with zero attached hydrogens (tertiary/aromatic N) is 1.